The number of amides is 1. The fraction of sp³-hybridized carbons (Fsp3) is 0.600. The van der Waals surface area contributed by atoms with E-state index in [1.165, 1.54) is 0 Å². The number of aromatic nitrogens is 1. The Morgan fingerprint density at radius 1 is 1.43 bits per heavy atom. The standard InChI is InChI=1S/C15H23ClN4O/c1-4-17-13-7-6-12(16)14(18-13)15(21)20-9-8-19(5-2)11(3)10-20/h6-7,11H,4-5,8-10H2,1-3H3,(H,17,18). The molecule has 0 aliphatic carbocycles. The molecule has 6 heteroatoms. The molecule has 1 unspecified atom stereocenters. The Morgan fingerprint density at radius 2 is 2.19 bits per heavy atom. The molecular formula is C15H23ClN4O. The number of carbonyl (C=O) groups is 1. The van der Waals surface area contributed by atoms with E-state index in [-0.39, 0.29) is 5.91 Å². The monoisotopic (exact) mass is 310 g/mol. The Kier molecular flexibility index (Phi) is 5.42. The van der Waals surface area contributed by atoms with Crippen LogP contribution in [0.3, 0.4) is 0 Å². The van der Waals surface area contributed by atoms with Crippen LogP contribution in [0, 0.1) is 0 Å². The average molecular weight is 311 g/mol. The molecule has 21 heavy (non-hydrogen) atoms. The minimum Gasteiger partial charge on any atom is -0.370 e. The second-order valence-corrected chi connectivity index (χ2v) is 5.69. The summed E-state index contributed by atoms with van der Waals surface area (Å²) >= 11 is 6.15. The molecule has 1 aliphatic rings. The molecule has 1 amide bonds. The van der Waals surface area contributed by atoms with E-state index in [4.69, 9.17) is 11.6 Å². The molecule has 0 spiro atoms. The third kappa shape index (κ3) is 3.66. The van der Waals surface area contributed by atoms with Crippen LogP contribution in [-0.4, -0.2) is 59.5 Å². The predicted octanol–water partition coefficient (Wildman–Crippen LogP) is 2.33. The van der Waals surface area contributed by atoms with Gasteiger partial charge in [-0.25, -0.2) is 4.98 Å². The molecule has 0 bridgehead atoms. The predicted molar refractivity (Wildman–Crippen MR) is 86.0 cm³/mol. The fourth-order valence-electron chi connectivity index (χ4n) is 2.67. The van der Waals surface area contributed by atoms with E-state index in [9.17, 15) is 4.79 Å². The molecule has 5 nitrogen and oxygen atoms in total. The zero-order valence-electron chi connectivity index (χ0n) is 12.9. The summed E-state index contributed by atoms with van der Waals surface area (Å²) in [5.74, 6) is 0.604. The Labute approximate surface area is 131 Å². The van der Waals surface area contributed by atoms with E-state index in [0.717, 1.165) is 32.7 Å². The summed E-state index contributed by atoms with van der Waals surface area (Å²) in [5.41, 5.74) is 0.340. The first kappa shape index (κ1) is 16.0. The topological polar surface area (TPSA) is 48.5 Å². The quantitative estimate of drug-likeness (QED) is 0.927. The molecule has 1 saturated heterocycles. The molecule has 0 saturated carbocycles. The van der Waals surface area contributed by atoms with Crippen LogP contribution in [0.1, 0.15) is 31.3 Å². The fourth-order valence-corrected chi connectivity index (χ4v) is 2.86. The van der Waals surface area contributed by atoms with E-state index in [1.54, 1.807) is 12.1 Å². The number of halogens is 1. The smallest absolute Gasteiger partial charge is 0.274 e. The number of rotatable bonds is 4. The van der Waals surface area contributed by atoms with Gasteiger partial charge in [0.05, 0.1) is 5.02 Å². The molecule has 0 radical (unpaired) electrons. The molecule has 2 rings (SSSR count). The zero-order chi connectivity index (χ0) is 15.4. The minimum absolute atomic E-state index is 0.0812. The van der Waals surface area contributed by atoms with Gasteiger partial charge >= 0.3 is 0 Å². The highest BCUT2D eigenvalue weighted by Crippen LogP contribution is 2.20. The highest BCUT2D eigenvalue weighted by atomic mass is 35.5. The van der Waals surface area contributed by atoms with Crippen molar-refractivity contribution in [3.8, 4) is 0 Å². The van der Waals surface area contributed by atoms with Gasteiger partial charge in [-0.3, -0.25) is 9.69 Å². The number of nitrogens with one attached hydrogen (secondary N) is 1. The molecule has 2 heterocycles. The van der Waals surface area contributed by atoms with Gasteiger partial charge in [0.25, 0.3) is 5.91 Å². The van der Waals surface area contributed by atoms with Crippen LogP contribution in [0.15, 0.2) is 12.1 Å². The number of piperazine rings is 1. The summed E-state index contributed by atoms with van der Waals surface area (Å²) in [6.07, 6.45) is 0. The van der Waals surface area contributed by atoms with Crippen molar-refractivity contribution in [2.45, 2.75) is 26.8 Å². The van der Waals surface area contributed by atoms with Crippen molar-refractivity contribution in [1.29, 1.82) is 0 Å². The third-order valence-corrected chi connectivity index (χ3v) is 4.17. The maximum atomic E-state index is 12.7. The Bertz CT molecular complexity index is 508. The number of carbonyl (C=O) groups excluding carboxylic acids is 1. The molecular weight excluding hydrogens is 288 g/mol. The normalized spacial score (nSPS) is 19.6. The van der Waals surface area contributed by atoms with Gasteiger partial charge in [0.2, 0.25) is 0 Å². The number of nitrogens with zero attached hydrogens (tertiary/aromatic N) is 3. The van der Waals surface area contributed by atoms with Gasteiger partial charge < -0.3 is 10.2 Å². The Morgan fingerprint density at radius 3 is 2.81 bits per heavy atom. The van der Waals surface area contributed by atoms with Crippen LogP contribution >= 0.6 is 11.6 Å². The lowest BCUT2D eigenvalue weighted by Crippen LogP contribution is -2.53. The van der Waals surface area contributed by atoms with Crippen LogP contribution in [0.25, 0.3) is 0 Å². The summed E-state index contributed by atoms with van der Waals surface area (Å²) in [7, 11) is 0. The number of likely N-dealkylation sites (N-methyl/N-ethyl adjacent to an activating group) is 1. The minimum atomic E-state index is -0.0812. The van der Waals surface area contributed by atoms with Gasteiger partial charge in [-0.1, -0.05) is 18.5 Å². The van der Waals surface area contributed by atoms with Crippen LogP contribution < -0.4 is 5.32 Å². The van der Waals surface area contributed by atoms with Crippen molar-refractivity contribution in [1.82, 2.24) is 14.8 Å². The van der Waals surface area contributed by atoms with Gasteiger partial charge in [0.15, 0.2) is 0 Å². The lowest BCUT2D eigenvalue weighted by Gasteiger charge is -2.39. The van der Waals surface area contributed by atoms with Crippen LogP contribution in [0.5, 0.6) is 0 Å². The van der Waals surface area contributed by atoms with E-state index < -0.39 is 0 Å². The van der Waals surface area contributed by atoms with E-state index >= 15 is 0 Å². The average Bonchev–Trinajstić information content (AvgIpc) is 2.48. The Hall–Kier alpha value is -1.33. The molecule has 1 fully saturated rings. The SMILES string of the molecule is CCNc1ccc(Cl)c(C(=O)N2CCN(CC)C(C)C2)n1. The van der Waals surface area contributed by atoms with Gasteiger partial charge in [-0.2, -0.15) is 0 Å². The highest BCUT2D eigenvalue weighted by Gasteiger charge is 2.28. The maximum Gasteiger partial charge on any atom is 0.274 e. The molecule has 0 aromatic carbocycles. The van der Waals surface area contributed by atoms with Gasteiger partial charge in [0, 0.05) is 32.2 Å². The second kappa shape index (κ2) is 7.09. The molecule has 1 aromatic rings. The van der Waals surface area contributed by atoms with Crippen molar-refractivity contribution in [2.24, 2.45) is 0 Å². The highest BCUT2D eigenvalue weighted by molar-refractivity contribution is 6.33. The van der Waals surface area contributed by atoms with Gasteiger partial charge in [-0.15, -0.1) is 0 Å². The zero-order valence-corrected chi connectivity index (χ0v) is 13.7. The van der Waals surface area contributed by atoms with Crippen LogP contribution in [0.4, 0.5) is 5.82 Å². The first-order valence-electron chi connectivity index (χ1n) is 7.50. The maximum absolute atomic E-state index is 12.7. The number of pyridine rings is 1. The first-order chi connectivity index (χ1) is 10.1. The van der Waals surface area contributed by atoms with Crippen LogP contribution in [-0.2, 0) is 0 Å². The van der Waals surface area contributed by atoms with Crippen molar-refractivity contribution >= 4 is 23.3 Å². The second-order valence-electron chi connectivity index (χ2n) is 5.29. The number of hydrogen-bond acceptors (Lipinski definition) is 4. The summed E-state index contributed by atoms with van der Waals surface area (Å²) in [6, 6.07) is 3.88. The molecule has 1 aliphatic heterocycles. The lowest BCUT2D eigenvalue weighted by atomic mass is 10.1. The van der Waals surface area contributed by atoms with E-state index in [1.807, 2.05) is 11.8 Å². The van der Waals surface area contributed by atoms with Crippen molar-refractivity contribution < 1.29 is 4.79 Å². The molecule has 1 N–H and O–H groups in total. The summed E-state index contributed by atoms with van der Waals surface area (Å²) in [4.78, 5) is 21.2. The lowest BCUT2D eigenvalue weighted by molar-refractivity contribution is 0.0523. The van der Waals surface area contributed by atoms with Crippen molar-refractivity contribution in [2.75, 3.05) is 38.0 Å². The van der Waals surface area contributed by atoms with Gasteiger partial charge in [-0.05, 0) is 32.5 Å². The first-order valence-corrected chi connectivity index (χ1v) is 7.88. The summed E-state index contributed by atoms with van der Waals surface area (Å²) in [5, 5.41) is 3.52. The van der Waals surface area contributed by atoms with Crippen molar-refractivity contribution in [3.05, 3.63) is 22.8 Å². The summed E-state index contributed by atoms with van der Waals surface area (Å²) < 4.78 is 0. The van der Waals surface area contributed by atoms with E-state index in [2.05, 4.69) is 29.0 Å². The summed E-state index contributed by atoms with van der Waals surface area (Å²) in [6.45, 7) is 10.4. The van der Waals surface area contributed by atoms with E-state index in [0.29, 0.717) is 22.6 Å². The van der Waals surface area contributed by atoms with Crippen molar-refractivity contribution in [3.63, 3.8) is 0 Å². The molecule has 116 valence electrons. The molecule has 1 atom stereocenters. The van der Waals surface area contributed by atoms with Gasteiger partial charge in [0.1, 0.15) is 11.5 Å². The van der Waals surface area contributed by atoms with Crippen LogP contribution in [0.2, 0.25) is 5.02 Å². The third-order valence-electron chi connectivity index (χ3n) is 3.86. The largest absolute Gasteiger partial charge is 0.370 e. The number of anilines is 1. The molecule has 1 aromatic heterocycles. The number of hydrogen-bond donors (Lipinski definition) is 1. The Balaban J connectivity index is 2.15.